The van der Waals surface area contributed by atoms with E-state index in [0.29, 0.717) is 12.1 Å². The van der Waals surface area contributed by atoms with Crippen LogP contribution in [0.15, 0.2) is 18.2 Å². The van der Waals surface area contributed by atoms with Crippen molar-refractivity contribution in [1.82, 2.24) is 0 Å². The standard InChI is InChI=1S/C16H27FN2/c1-11(18)9-13-7-8-15(14(17)10-13)19(6)12(2)16(3,4)5/h7-8,10-12H,9,18H2,1-6H3. The van der Waals surface area contributed by atoms with Crippen LogP contribution in [0.25, 0.3) is 0 Å². The lowest BCUT2D eigenvalue weighted by atomic mass is 9.87. The summed E-state index contributed by atoms with van der Waals surface area (Å²) in [5.74, 6) is -0.170. The van der Waals surface area contributed by atoms with Crippen molar-refractivity contribution in [1.29, 1.82) is 0 Å². The molecule has 0 amide bonds. The lowest BCUT2D eigenvalue weighted by Gasteiger charge is -2.37. The van der Waals surface area contributed by atoms with Gasteiger partial charge >= 0.3 is 0 Å². The molecule has 0 aliphatic rings. The Kier molecular flexibility index (Phi) is 4.97. The van der Waals surface area contributed by atoms with E-state index in [4.69, 9.17) is 5.73 Å². The van der Waals surface area contributed by atoms with Gasteiger partial charge in [0.2, 0.25) is 0 Å². The minimum absolute atomic E-state index is 0.0523. The van der Waals surface area contributed by atoms with Crippen LogP contribution in [0.4, 0.5) is 10.1 Å². The maximum absolute atomic E-state index is 14.2. The molecule has 1 rings (SSSR count). The van der Waals surface area contributed by atoms with Crippen LogP contribution >= 0.6 is 0 Å². The van der Waals surface area contributed by atoms with Crippen molar-refractivity contribution < 1.29 is 4.39 Å². The third-order valence-corrected chi connectivity index (χ3v) is 3.78. The maximum atomic E-state index is 14.2. The zero-order valence-electron chi connectivity index (χ0n) is 13.0. The van der Waals surface area contributed by atoms with Gasteiger partial charge in [-0.2, -0.15) is 0 Å². The van der Waals surface area contributed by atoms with Crippen molar-refractivity contribution in [3.05, 3.63) is 29.6 Å². The number of nitrogens with two attached hydrogens (primary N) is 1. The first-order valence-electron chi connectivity index (χ1n) is 6.89. The predicted molar refractivity (Wildman–Crippen MR) is 81.1 cm³/mol. The Bertz CT molecular complexity index is 421. The molecular formula is C16H27FN2. The van der Waals surface area contributed by atoms with Crippen molar-refractivity contribution in [2.75, 3.05) is 11.9 Å². The van der Waals surface area contributed by atoms with Crippen LogP contribution in [0.5, 0.6) is 0 Å². The molecule has 19 heavy (non-hydrogen) atoms. The molecule has 0 saturated carbocycles. The summed E-state index contributed by atoms with van der Waals surface area (Å²) < 4.78 is 14.2. The van der Waals surface area contributed by atoms with E-state index in [1.54, 1.807) is 6.07 Å². The molecule has 2 N–H and O–H groups in total. The smallest absolute Gasteiger partial charge is 0.146 e. The first kappa shape index (κ1) is 16.0. The number of nitrogens with zero attached hydrogens (tertiary/aromatic N) is 1. The molecule has 0 heterocycles. The van der Waals surface area contributed by atoms with Crippen LogP contribution in [-0.2, 0) is 6.42 Å². The molecule has 0 saturated heterocycles. The van der Waals surface area contributed by atoms with E-state index in [2.05, 4.69) is 27.7 Å². The van der Waals surface area contributed by atoms with Gasteiger partial charge in [0.1, 0.15) is 5.82 Å². The van der Waals surface area contributed by atoms with E-state index in [-0.39, 0.29) is 23.3 Å². The minimum Gasteiger partial charge on any atom is -0.369 e. The summed E-state index contributed by atoms with van der Waals surface area (Å²) in [5, 5.41) is 0. The summed E-state index contributed by atoms with van der Waals surface area (Å²) in [4.78, 5) is 2.00. The summed E-state index contributed by atoms with van der Waals surface area (Å²) in [6.07, 6.45) is 0.704. The molecule has 3 heteroatoms. The van der Waals surface area contributed by atoms with Gasteiger partial charge in [0.25, 0.3) is 0 Å². The average molecular weight is 266 g/mol. The minimum atomic E-state index is -0.170. The summed E-state index contributed by atoms with van der Waals surface area (Å²) in [5.41, 5.74) is 7.45. The Balaban J connectivity index is 2.96. The zero-order chi connectivity index (χ0) is 14.8. The summed E-state index contributed by atoms with van der Waals surface area (Å²) in [7, 11) is 1.94. The fourth-order valence-corrected chi connectivity index (χ4v) is 2.12. The highest BCUT2D eigenvalue weighted by Crippen LogP contribution is 2.29. The van der Waals surface area contributed by atoms with Crippen molar-refractivity contribution in [2.24, 2.45) is 11.1 Å². The van der Waals surface area contributed by atoms with E-state index in [9.17, 15) is 4.39 Å². The summed E-state index contributed by atoms with van der Waals surface area (Å²) >= 11 is 0. The monoisotopic (exact) mass is 266 g/mol. The highest BCUT2D eigenvalue weighted by molar-refractivity contribution is 5.49. The first-order valence-corrected chi connectivity index (χ1v) is 6.89. The SMILES string of the molecule is CC(N)Cc1ccc(N(C)C(C)C(C)(C)C)c(F)c1. The highest BCUT2D eigenvalue weighted by Gasteiger charge is 2.25. The molecule has 1 aromatic carbocycles. The number of benzene rings is 1. The van der Waals surface area contributed by atoms with E-state index < -0.39 is 0 Å². The molecule has 0 fully saturated rings. The Morgan fingerprint density at radius 2 is 1.84 bits per heavy atom. The second kappa shape index (κ2) is 5.91. The van der Waals surface area contributed by atoms with Crippen LogP contribution in [0.2, 0.25) is 0 Å². The number of anilines is 1. The molecule has 0 radical (unpaired) electrons. The summed E-state index contributed by atoms with van der Waals surface area (Å²) in [6, 6.07) is 5.73. The topological polar surface area (TPSA) is 29.3 Å². The fourth-order valence-electron chi connectivity index (χ4n) is 2.12. The van der Waals surface area contributed by atoms with Crippen molar-refractivity contribution in [3.63, 3.8) is 0 Å². The molecule has 0 bridgehead atoms. The van der Waals surface area contributed by atoms with E-state index in [1.165, 1.54) is 0 Å². The molecule has 0 aliphatic heterocycles. The third kappa shape index (κ3) is 4.20. The molecule has 2 atom stereocenters. The fraction of sp³-hybridized carbons (Fsp3) is 0.625. The zero-order valence-corrected chi connectivity index (χ0v) is 13.0. The number of rotatable bonds is 4. The molecule has 0 aromatic heterocycles. The Morgan fingerprint density at radius 1 is 1.26 bits per heavy atom. The quantitative estimate of drug-likeness (QED) is 0.902. The highest BCUT2D eigenvalue weighted by atomic mass is 19.1. The number of hydrogen-bond donors (Lipinski definition) is 1. The van der Waals surface area contributed by atoms with Gasteiger partial charge in [-0.3, -0.25) is 0 Å². The van der Waals surface area contributed by atoms with Gasteiger partial charge in [-0.25, -0.2) is 4.39 Å². The second-order valence-corrected chi connectivity index (χ2v) is 6.62. The van der Waals surface area contributed by atoms with Crippen molar-refractivity contribution in [3.8, 4) is 0 Å². The van der Waals surface area contributed by atoms with Gasteiger partial charge in [-0.1, -0.05) is 26.8 Å². The lowest BCUT2D eigenvalue weighted by molar-refractivity contribution is 0.328. The van der Waals surface area contributed by atoms with Gasteiger partial charge in [-0.05, 0) is 43.4 Å². The lowest BCUT2D eigenvalue weighted by Crippen LogP contribution is -2.39. The van der Waals surface area contributed by atoms with E-state index in [0.717, 1.165) is 5.56 Å². The maximum Gasteiger partial charge on any atom is 0.146 e. The first-order chi connectivity index (χ1) is 8.62. The third-order valence-electron chi connectivity index (χ3n) is 3.78. The van der Waals surface area contributed by atoms with Gasteiger partial charge in [0, 0.05) is 19.1 Å². The Labute approximate surface area is 116 Å². The molecule has 0 spiro atoms. The van der Waals surface area contributed by atoms with Crippen molar-refractivity contribution >= 4 is 5.69 Å². The van der Waals surface area contributed by atoms with Gasteiger partial charge in [-0.15, -0.1) is 0 Å². The number of hydrogen-bond acceptors (Lipinski definition) is 2. The molecular weight excluding hydrogens is 239 g/mol. The Hall–Kier alpha value is -1.09. The molecule has 108 valence electrons. The molecule has 1 aromatic rings. The van der Waals surface area contributed by atoms with Crippen molar-refractivity contribution in [2.45, 2.75) is 53.1 Å². The van der Waals surface area contributed by atoms with Crippen LogP contribution in [0.1, 0.15) is 40.2 Å². The van der Waals surface area contributed by atoms with Crippen LogP contribution in [0, 0.1) is 11.2 Å². The molecule has 0 aliphatic carbocycles. The van der Waals surface area contributed by atoms with E-state index >= 15 is 0 Å². The summed E-state index contributed by atoms with van der Waals surface area (Å²) in [6.45, 7) is 10.5. The van der Waals surface area contributed by atoms with Gasteiger partial charge in [0.15, 0.2) is 0 Å². The number of halogens is 1. The van der Waals surface area contributed by atoms with Gasteiger partial charge in [0.05, 0.1) is 5.69 Å². The molecule has 2 nitrogen and oxygen atoms in total. The largest absolute Gasteiger partial charge is 0.369 e. The van der Waals surface area contributed by atoms with E-state index in [1.807, 2.05) is 31.0 Å². The van der Waals surface area contributed by atoms with Crippen LogP contribution < -0.4 is 10.6 Å². The Morgan fingerprint density at radius 3 is 2.26 bits per heavy atom. The second-order valence-electron chi connectivity index (χ2n) is 6.62. The van der Waals surface area contributed by atoms with Crippen LogP contribution in [-0.4, -0.2) is 19.1 Å². The normalized spacial score (nSPS) is 15.2. The van der Waals surface area contributed by atoms with Gasteiger partial charge < -0.3 is 10.6 Å². The predicted octanol–water partition coefficient (Wildman–Crippen LogP) is 3.59. The van der Waals surface area contributed by atoms with Crippen LogP contribution in [0.3, 0.4) is 0 Å². The average Bonchev–Trinajstić information content (AvgIpc) is 2.25. The molecule has 2 unspecified atom stereocenters.